The summed E-state index contributed by atoms with van der Waals surface area (Å²) in [5, 5.41) is 0. The Bertz CT molecular complexity index is 380. The first-order valence-corrected chi connectivity index (χ1v) is 4.81. The number of hydrogen-bond donors (Lipinski definition) is 0. The molecule has 0 bridgehead atoms. The number of hydrogen-bond acceptors (Lipinski definition) is 1. The fourth-order valence-electron chi connectivity index (χ4n) is 1.46. The van der Waals surface area contributed by atoms with Gasteiger partial charge in [-0.15, -0.1) is 0 Å². The lowest BCUT2D eigenvalue weighted by molar-refractivity contribution is -0.137. The summed E-state index contributed by atoms with van der Waals surface area (Å²) < 4.78 is 37.7. The topological polar surface area (TPSA) is 3.24 Å². The van der Waals surface area contributed by atoms with Gasteiger partial charge in [0.1, 0.15) is 0 Å². The minimum Gasteiger partial charge on any atom is -0.305 e. The molecule has 4 heteroatoms. The Labute approximate surface area is 93.2 Å². The van der Waals surface area contributed by atoms with Crippen molar-refractivity contribution in [2.24, 2.45) is 0 Å². The lowest BCUT2D eigenvalue weighted by atomic mass is 10.0. The summed E-state index contributed by atoms with van der Waals surface area (Å²) in [6, 6.07) is 3.99. The van der Waals surface area contributed by atoms with Gasteiger partial charge in [-0.1, -0.05) is 18.7 Å². The molecule has 1 rings (SSSR count). The standard InChI is InChI=1S/C12H14F3N/c1-4-9-5-10(8-16(2)3)7-11(6-9)12(13,14)15/h4-7H,1,8H2,2-3H3. The zero-order valence-electron chi connectivity index (χ0n) is 9.30. The van der Waals surface area contributed by atoms with Gasteiger partial charge >= 0.3 is 6.18 Å². The minimum atomic E-state index is -4.31. The fourth-order valence-corrected chi connectivity index (χ4v) is 1.46. The van der Waals surface area contributed by atoms with Crippen molar-refractivity contribution in [3.8, 4) is 0 Å². The summed E-state index contributed by atoms with van der Waals surface area (Å²) >= 11 is 0. The Morgan fingerprint density at radius 1 is 1.25 bits per heavy atom. The van der Waals surface area contributed by atoms with E-state index in [1.165, 1.54) is 12.1 Å². The van der Waals surface area contributed by atoms with Gasteiger partial charge in [-0.2, -0.15) is 13.2 Å². The normalized spacial score (nSPS) is 11.9. The maximum absolute atomic E-state index is 12.6. The molecule has 0 saturated heterocycles. The second-order valence-corrected chi connectivity index (χ2v) is 3.90. The fraction of sp³-hybridized carbons (Fsp3) is 0.333. The highest BCUT2D eigenvalue weighted by atomic mass is 19.4. The molecule has 0 N–H and O–H groups in total. The van der Waals surface area contributed by atoms with Gasteiger partial charge in [0.2, 0.25) is 0 Å². The first kappa shape index (κ1) is 12.8. The van der Waals surface area contributed by atoms with Crippen LogP contribution < -0.4 is 0 Å². The second kappa shape index (κ2) is 4.70. The van der Waals surface area contributed by atoms with E-state index in [0.29, 0.717) is 17.7 Å². The summed E-state index contributed by atoms with van der Waals surface area (Å²) in [7, 11) is 3.63. The molecule has 0 aliphatic heterocycles. The lowest BCUT2D eigenvalue weighted by Gasteiger charge is -2.13. The smallest absolute Gasteiger partial charge is 0.305 e. The van der Waals surface area contributed by atoms with Crippen LogP contribution in [0.1, 0.15) is 16.7 Å². The number of alkyl halides is 3. The Balaban J connectivity index is 3.16. The predicted molar refractivity (Wildman–Crippen MR) is 58.9 cm³/mol. The van der Waals surface area contributed by atoms with Gasteiger partial charge in [-0.25, -0.2) is 0 Å². The van der Waals surface area contributed by atoms with Crippen LogP contribution in [0.25, 0.3) is 6.08 Å². The van der Waals surface area contributed by atoms with Gasteiger partial charge in [0.05, 0.1) is 5.56 Å². The van der Waals surface area contributed by atoms with Gasteiger partial charge in [-0.05, 0) is 37.4 Å². The van der Waals surface area contributed by atoms with Crippen LogP contribution in [0.5, 0.6) is 0 Å². The summed E-state index contributed by atoms with van der Waals surface area (Å²) in [4.78, 5) is 1.82. The largest absolute Gasteiger partial charge is 0.416 e. The molecule has 16 heavy (non-hydrogen) atoms. The molecule has 0 fully saturated rings. The van der Waals surface area contributed by atoms with Gasteiger partial charge < -0.3 is 4.90 Å². The average molecular weight is 229 g/mol. The molecule has 0 unspecified atom stereocenters. The van der Waals surface area contributed by atoms with Crippen molar-refractivity contribution in [2.75, 3.05) is 14.1 Å². The summed E-state index contributed by atoms with van der Waals surface area (Å²) in [5.41, 5.74) is 0.503. The van der Waals surface area contributed by atoms with E-state index in [9.17, 15) is 13.2 Å². The van der Waals surface area contributed by atoms with E-state index < -0.39 is 11.7 Å². The first-order chi connectivity index (χ1) is 7.32. The van der Waals surface area contributed by atoms with E-state index in [-0.39, 0.29) is 0 Å². The van der Waals surface area contributed by atoms with Crippen molar-refractivity contribution in [2.45, 2.75) is 12.7 Å². The third-order valence-electron chi connectivity index (χ3n) is 2.08. The summed E-state index contributed by atoms with van der Waals surface area (Å²) in [6.07, 6.45) is -2.88. The molecule has 1 aromatic rings. The molecule has 0 spiro atoms. The maximum atomic E-state index is 12.6. The molecule has 0 radical (unpaired) electrons. The zero-order valence-corrected chi connectivity index (χ0v) is 9.30. The molecular weight excluding hydrogens is 215 g/mol. The third-order valence-corrected chi connectivity index (χ3v) is 2.08. The van der Waals surface area contributed by atoms with Crippen molar-refractivity contribution >= 4 is 6.08 Å². The monoisotopic (exact) mass is 229 g/mol. The van der Waals surface area contributed by atoms with Crippen LogP contribution in [-0.2, 0) is 12.7 Å². The summed E-state index contributed by atoms with van der Waals surface area (Å²) in [6.45, 7) is 3.97. The van der Waals surface area contributed by atoms with E-state index in [2.05, 4.69) is 6.58 Å². The number of rotatable bonds is 3. The Morgan fingerprint density at radius 2 is 1.88 bits per heavy atom. The van der Waals surface area contributed by atoms with E-state index in [0.717, 1.165) is 6.07 Å². The van der Waals surface area contributed by atoms with Crippen LogP contribution in [0.2, 0.25) is 0 Å². The third kappa shape index (κ3) is 3.38. The van der Waals surface area contributed by atoms with E-state index in [1.54, 1.807) is 6.07 Å². The van der Waals surface area contributed by atoms with Crippen molar-refractivity contribution < 1.29 is 13.2 Å². The van der Waals surface area contributed by atoms with Gasteiger partial charge in [-0.3, -0.25) is 0 Å². The van der Waals surface area contributed by atoms with Crippen LogP contribution in [0.4, 0.5) is 13.2 Å². The van der Waals surface area contributed by atoms with Crippen LogP contribution in [-0.4, -0.2) is 19.0 Å². The first-order valence-electron chi connectivity index (χ1n) is 4.81. The van der Waals surface area contributed by atoms with Crippen molar-refractivity contribution in [1.82, 2.24) is 4.90 Å². The molecule has 0 aromatic heterocycles. The van der Waals surface area contributed by atoms with E-state index in [1.807, 2.05) is 19.0 Å². The highest BCUT2D eigenvalue weighted by Gasteiger charge is 2.30. The van der Waals surface area contributed by atoms with Crippen molar-refractivity contribution in [1.29, 1.82) is 0 Å². The number of halogens is 3. The number of nitrogens with zero attached hydrogens (tertiary/aromatic N) is 1. The Morgan fingerprint density at radius 3 is 2.31 bits per heavy atom. The van der Waals surface area contributed by atoms with Crippen LogP contribution >= 0.6 is 0 Å². The van der Waals surface area contributed by atoms with E-state index in [4.69, 9.17) is 0 Å². The van der Waals surface area contributed by atoms with Crippen LogP contribution in [0.3, 0.4) is 0 Å². The van der Waals surface area contributed by atoms with Crippen LogP contribution in [0, 0.1) is 0 Å². The number of benzene rings is 1. The molecule has 0 saturated carbocycles. The highest BCUT2D eigenvalue weighted by molar-refractivity contribution is 5.50. The Kier molecular flexibility index (Phi) is 3.75. The molecule has 0 heterocycles. The molecule has 1 nitrogen and oxygen atoms in total. The SMILES string of the molecule is C=Cc1cc(CN(C)C)cc(C(F)(F)F)c1. The minimum absolute atomic E-state index is 0.477. The molecule has 1 aromatic carbocycles. The van der Waals surface area contributed by atoms with Gasteiger partial charge in [0.25, 0.3) is 0 Å². The molecule has 0 aliphatic carbocycles. The summed E-state index contributed by atoms with van der Waals surface area (Å²) in [5.74, 6) is 0. The highest BCUT2D eigenvalue weighted by Crippen LogP contribution is 2.31. The average Bonchev–Trinajstić information content (AvgIpc) is 2.14. The van der Waals surface area contributed by atoms with E-state index >= 15 is 0 Å². The van der Waals surface area contributed by atoms with Crippen molar-refractivity contribution in [3.63, 3.8) is 0 Å². The predicted octanol–water partition coefficient (Wildman–Crippen LogP) is 3.41. The maximum Gasteiger partial charge on any atom is 0.416 e. The lowest BCUT2D eigenvalue weighted by Crippen LogP contribution is -2.12. The quantitative estimate of drug-likeness (QED) is 0.767. The molecule has 0 amide bonds. The Hall–Kier alpha value is -1.29. The zero-order chi connectivity index (χ0) is 12.3. The van der Waals surface area contributed by atoms with Crippen molar-refractivity contribution in [3.05, 3.63) is 41.5 Å². The van der Waals surface area contributed by atoms with Gasteiger partial charge in [0.15, 0.2) is 0 Å². The molecular formula is C12H14F3N. The molecule has 0 atom stereocenters. The molecule has 0 aliphatic rings. The van der Waals surface area contributed by atoms with Crippen LogP contribution in [0.15, 0.2) is 24.8 Å². The van der Waals surface area contributed by atoms with Gasteiger partial charge in [0, 0.05) is 6.54 Å². The molecule has 88 valence electrons. The second-order valence-electron chi connectivity index (χ2n) is 3.90.